The fraction of sp³-hybridized carbons (Fsp3) is 0.312. The Kier molecular flexibility index (Phi) is 2.90. The van der Waals surface area contributed by atoms with Gasteiger partial charge in [0.25, 0.3) is 0 Å². The lowest BCUT2D eigenvalue weighted by Crippen LogP contribution is -1.98. The summed E-state index contributed by atoms with van der Waals surface area (Å²) in [4.78, 5) is 12.6. The minimum absolute atomic E-state index is 0.421. The van der Waals surface area contributed by atoms with E-state index in [0.717, 1.165) is 17.0 Å². The zero-order chi connectivity index (χ0) is 13.3. The Bertz CT molecular complexity index is 596. The van der Waals surface area contributed by atoms with Crippen LogP contribution in [0.3, 0.4) is 0 Å². The molecule has 1 aromatic heterocycles. The van der Waals surface area contributed by atoms with E-state index in [1.807, 2.05) is 6.92 Å². The van der Waals surface area contributed by atoms with Crippen LogP contribution in [0.25, 0.3) is 0 Å². The molecule has 3 heteroatoms. The summed E-state index contributed by atoms with van der Waals surface area (Å²) in [5.41, 5.74) is 4.72. The quantitative estimate of drug-likeness (QED) is 0.781. The molecule has 1 aliphatic carbocycles. The second-order valence-corrected chi connectivity index (χ2v) is 5.43. The molecule has 0 spiro atoms. The standard InChI is InChI=1S/C16H17N3/c1-12(13-9-17-11-18-10-13)19-15-5-3-14(4-6-15)16(2)7-8-16/h3-6,9-11H,7-8H2,1-2H3/b19-12+. The van der Waals surface area contributed by atoms with Crippen LogP contribution < -0.4 is 0 Å². The number of aromatic nitrogens is 2. The second kappa shape index (κ2) is 4.57. The van der Waals surface area contributed by atoms with E-state index in [0.29, 0.717) is 5.41 Å². The number of nitrogens with zero attached hydrogens (tertiary/aromatic N) is 3. The average molecular weight is 251 g/mol. The van der Waals surface area contributed by atoms with Gasteiger partial charge in [-0.3, -0.25) is 4.99 Å². The Hall–Kier alpha value is -2.03. The molecule has 19 heavy (non-hydrogen) atoms. The molecule has 1 aliphatic rings. The van der Waals surface area contributed by atoms with Crippen molar-refractivity contribution in [3.63, 3.8) is 0 Å². The van der Waals surface area contributed by atoms with Gasteiger partial charge in [-0.05, 0) is 42.9 Å². The molecule has 3 rings (SSSR count). The Morgan fingerprint density at radius 2 is 1.74 bits per heavy atom. The van der Waals surface area contributed by atoms with E-state index < -0.39 is 0 Å². The first-order valence-corrected chi connectivity index (χ1v) is 6.59. The SMILES string of the molecule is C/C(=N\c1ccc(C2(C)CC2)cc1)c1cncnc1. The number of aliphatic imine (C=N–C) groups is 1. The van der Waals surface area contributed by atoms with Crippen molar-refractivity contribution < 1.29 is 0 Å². The summed E-state index contributed by atoms with van der Waals surface area (Å²) in [6, 6.07) is 8.57. The van der Waals surface area contributed by atoms with E-state index in [4.69, 9.17) is 0 Å². The highest BCUT2D eigenvalue weighted by Gasteiger charge is 2.38. The van der Waals surface area contributed by atoms with Gasteiger partial charge >= 0.3 is 0 Å². The fourth-order valence-electron chi connectivity index (χ4n) is 2.16. The predicted molar refractivity (Wildman–Crippen MR) is 76.9 cm³/mol. The van der Waals surface area contributed by atoms with Gasteiger partial charge in [0.2, 0.25) is 0 Å². The van der Waals surface area contributed by atoms with Gasteiger partial charge in [0, 0.05) is 23.7 Å². The first-order chi connectivity index (χ1) is 9.17. The van der Waals surface area contributed by atoms with Gasteiger partial charge in [-0.15, -0.1) is 0 Å². The van der Waals surface area contributed by atoms with Crippen molar-refractivity contribution in [2.24, 2.45) is 4.99 Å². The van der Waals surface area contributed by atoms with Gasteiger partial charge in [0.15, 0.2) is 0 Å². The molecule has 0 unspecified atom stereocenters. The highest BCUT2D eigenvalue weighted by Crippen LogP contribution is 2.47. The summed E-state index contributed by atoms with van der Waals surface area (Å²) in [6.07, 6.45) is 7.70. The monoisotopic (exact) mass is 251 g/mol. The van der Waals surface area contributed by atoms with Crippen LogP contribution in [0.1, 0.15) is 37.8 Å². The largest absolute Gasteiger partial charge is 0.253 e. The van der Waals surface area contributed by atoms with E-state index in [1.54, 1.807) is 12.4 Å². The van der Waals surface area contributed by atoms with Crippen molar-refractivity contribution in [2.45, 2.75) is 32.1 Å². The van der Waals surface area contributed by atoms with Gasteiger partial charge in [-0.1, -0.05) is 19.1 Å². The molecule has 1 fully saturated rings. The third-order valence-electron chi connectivity index (χ3n) is 3.84. The molecule has 0 saturated heterocycles. The molecule has 3 nitrogen and oxygen atoms in total. The molecular formula is C16H17N3. The molecule has 0 N–H and O–H groups in total. The number of rotatable bonds is 3. The van der Waals surface area contributed by atoms with Crippen molar-refractivity contribution >= 4 is 11.4 Å². The third-order valence-corrected chi connectivity index (χ3v) is 3.84. The van der Waals surface area contributed by atoms with Crippen molar-refractivity contribution in [1.29, 1.82) is 0 Å². The fourth-order valence-corrected chi connectivity index (χ4v) is 2.16. The summed E-state index contributed by atoms with van der Waals surface area (Å²) in [5.74, 6) is 0. The molecule has 0 amide bonds. The molecule has 0 atom stereocenters. The van der Waals surface area contributed by atoms with Gasteiger partial charge in [-0.2, -0.15) is 0 Å². The Balaban J connectivity index is 1.83. The number of benzene rings is 1. The highest BCUT2D eigenvalue weighted by atomic mass is 14.8. The Labute approximate surface area is 113 Å². The van der Waals surface area contributed by atoms with E-state index in [9.17, 15) is 0 Å². The number of hydrogen-bond acceptors (Lipinski definition) is 3. The first-order valence-electron chi connectivity index (χ1n) is 6.59. The van der Waals surface area contributed by atoms with Crippen LogP contribution in [0.4, 0.5) is 5.69 Å². The smallest absolute Gasteiger partial charge is 0.115 e. The van der Waals surface area contributed by atoms with Crippen molar-refractivity contribution in [1.82, 2.24) is 9.97 Å². The van der Waals surface area contributed by atoms with Crippen LogP contribution in [-0.2, 0) is 5.41 Å². The van der Waals surface area contributed by atoms with Crippen LogP contribution in [0, 0.1) is 0 Å². The molecule has 0 bridgehead atoms. The molecular weight excluding hydrogens is 234 g/mol. The minimum Gasteiger partial charge on any atom is -0.253 e. The minimum atomic E-state index is 0.421. The molecule has 1 saturated carbocycles. The first kappa shape index (κ1) is 12.0. The third kappa shape index (κ3) is 2.55. The molecule has 0 aliphatic heterocycles. The lowest BCUT2D eigenvalue weighted by molar-refractivity contribution is 0.788. The van der Waals surface area contributed by atoms with Gasteiger partial charge in [-0.25, -0.2) is 9.97 Å². The predicted octanol–water partition coefficient (Wildman–Crippen LogP) is 3.67. The Morgan fingerprint density at radius 1 is 1.11 bits per heavy atom. The molecule has 2 aromatic rings. The topological polar surface area (TPSA) is 38.1 Å². The van der Waals surface area contributed by atoms with Crippen LogP contribution >= 0.6 is 0 Å². The summed E-state index contributed by atoms with van der Waals surface area (Å²) < 4.78 is 0. The second-order valence-electron chi connectivity index (χ2n) is 5.43. The summed E-state index contributed by atoms with van der Waals surface area (Å²) in [5, 5.41) is 0. The van der Waals surface area contributed by atoms with Gasteiger partial charge in [0.1, 0.15) is 6.33 Å². The van der Waals surface area contributed by atoms with Gasteiger partial charge < -0.3 is 0 Å². The highest BCUT2D eigenvalue weighted by molar-refractivity contribution is 5.99. The molecule has 0 radical (unpaired) electrons. The zero-order valence-corrected chi connectivity index (χ0v) is 11.3. The average Bonchev–Trinajstić information content (AvgIpc) is 3.20. The van der Waals surface area contributed by atoms with Crippen molar-refractivity contribution in [2.75, 3.05) is 0 Å². The maximum Gasteiger partial charge on any atom is 0.115 e. The van der Waals surface area contributed by atoms with Crippen molar-refractivity contribution in [3.05, 3.63) is 54.1 Å². The van der Waals surface area contributed by atoms with Crippen LogP contribution in [-0.4, -0.2) is 15.7 Å². The number of hydrogen-bond donors (Lipinski definition) is 0. The maximum atomic E-state index is 4.61. The van der Waals surface area contributed by atoms with E-state index in [-0.39, 0.29) is 0 Å². The zero-order valence-electron chi connectivity index (χ0n) is 11.3. The molecule has 1 aromatic carbocycles. The van der Waals surface area contributed by atoms with E-state index >= 15 is 0 Å². The lowest BCUT2D eigenvalue weighted by Gasteiger charge is -2.08. The summed E-state index contributed by atoms with van der Waals surface area (Å²) in [6.45, 7) is 4.30. The summed E-state index contributed by atoms with van der Waals surface area (Å²) >= 11 is 0. The van der Waals surface area contributed by atoms with Crippen LogP contribution in [0.15, 0.2) is 48.0 Å². The van der Waals surface area contributed by atoms with Crippen LogP contribution in [0.5, 0.6) is 0 Å². The van der Waals surface area contributed by atoms with Crippen molar-refractivity contribution in [3.8, 4) is 0 Å². The van der Waals surface area contributed by atoms with Gasteiger partial charge in [0.05, 0.1) is 5.69 Å². The van der Waals surface area contributed by atoms with Crippen LogP contribution in [0.2, 0.25) is 0 Å². The van der Waals surface area contributed by atoms with E-state index in [1.165, 1.54) is 24.7 Å². The Morgan fingerprint density at radius 3 is 2.32 bits per heavy atom. The normalized spacial score (nSPS) is 17.3. The maximum absolute atomic E-state index is 4.61. The van der Waals surface area contributed by atoms with E-state index in [2.05, 4.69) is 46.1 Å². The lowest BCUT2D eigenvalue weighted by atomic mass is 9.98. The molecule has 96 valence electrons. The summed E-state index contributed by atoms with van der Waals surface area (Å²) in [7, 11) is 0. The molecule has 1 heterocycles.